The predicted octanol–water partition coefficient (Wildman–Crippen LogP) is 0.139. The molecule has 0 aliphatic heterocycles. The first-order chi connectivity index (χ1) is 5.15. The second-order valence-electron chi connectivity index (χ2n) is 3.41. The smallest absolute Gasteiger partial charge is 0.223 e. The Morgan fingerprint density at radius 3 is 2.73 bits per heavy atom. The molecule has 0 unspecified atom stereocenters. The van der Waals surface area contributed by atoms with Crippen LogP contribution in [0.5, 0.6) is 0 Å². The fourth-order valence-corrected chi connectivity index (χ4v) is 1.08. The number of aliphatic hydroxyl groups excluding tert-OH is 1. The van der Waals surface area contributed by atoms with Gasteiger partial charge in [-0.3, -0.25) is 4.79 Å². The van der Waals surface area contributed by atoms with E-state index in [0.717, 1.165) is 6.42 Å². The summed E-state index contributed by atoms with van der Waals surface area (Å²) >= 11 is 0. The topological polar surface area (TPSA) is 49.3 Å². The van der Waals surface area contributed by atoms with Crippen molar-refractivity contribution in [2.45, 2.75) is 26.3 Å². The molecule has 0 aromatic carbocycles. The molecule has 2 N–H and O–H groups in total. The van der Waals surface area contributed by atoms with Crippen LogP contribution in [-0.2, 0) is 4.79 Å². The van der Waals surface area contributed by atoms with E-state index in [1.165, 1.54) is 0 Å². The molecule has 3 heteroatoms. The van der Waals surface area contributed by atoms with Crippen LogP contribution in [0.1, 0.15) is 20.3 Å². The molecule has 3 atom stereocenters. The number of hydrogen-bond acceptors (Lipinski definition) is 2. The van der Waals surface area contributed by atoms with E-state index < -0.39 is 0 Å². The number of rotatable bonds is 3. The average Bonchev–Trinajstić information content (AvgIpc) is 2.66. The van der Waals surface area contributed by atoms with E-state index in [1.54, 1.807) is 6.92 Å². The second kappa shape index (κ2) is 3.22. The van der Waals surface area contributed by atoms with Crippen LogP contribution in [0.15, 0.2) is 0 Å². The van der Waals surface area contributed by atoms with Crippen molar-refractivity contribution in [1.29, 1.82) is 0 Å². The van der Waals surface area contributed by atoms with E-state index in [1.807, 2.05) is 0 Å². The van der Waals surface area contributed by atoms with Crippen LogP contribution in [0.2, 0.25) is 0 Å². The molecule has 1 amide bonds. The minimum absolute atomic E-state index is 0.0207. The monoisotopic (exact) mass is 157 g/mol. The molecule has 1 fully saturated rings. The highest BCUT2D eigenvalue weighted by Gasteiger charge is 2.39. The zero-order valence-corrected chi connectivity index (χ0v) is 7.00. The summed E-state index contributed by atoms with van der Waals surface area (Å²) in [6.45, 7) is 3.88. The molecular formula is C8H15NO2. The summed E-state index contributed by atoms with van der Waals surface area (Å²) in [6, 6.07) is -0.102. The van der Waals surface area contributed by atoms with Crippen molar-refractivity contribution in [2.24, 2.45) is 11.8 Å². The maximum Gasteiger partial charge on any atom is 0.223 e. The minimum Gasteiger partial charge on any atom is -0.394 e. The molecule has 0 radical (unpaired) electrons. The Hall–Kier alpha value is -0.570. The number of hydrogen-bond donors (Lipinski definition) is 2. The summed E-state index contributed by atoms with van der Waals surface area (Å²) < 4.78 is 0. The molecule has 1 aliphatic rings. The van der Waals surface area contributed by atoms with E-state index in [-0.39, 0.29) is 24.5 Å². The van der Waals surface area contributed by atoms with Crippen LogP contribution >= 0.6 is 0 Å². The number of aliphatic hydroxyl groups is 1. The van der Waals surface area contributed by atoms with Crippen molar-refractivity contribution in [3.63, 3.8) is 0 Å². The molecule has 0 saturated heterocycles. The molecule has 3 nitrogen and oxygen atoms in total. The summed E-state index contributed by atoms with van der Waals surface area (Å²) in [4.78, 5) is 11.2. The normalized spacial score (nSPS) is 31.2. The predicted molar refractivity (Wildman–Crippen MR) is 42.0 cm³/mol. The standard InChI is InChI=1S/C8H15NO2/c1-5-3-7(5)8(11)9-6(2)4-10/h5-7,10H,3-4H2,1-2H3,(H,9,11)/t5-,6-,7-/m0/s1. The SMILES string of the molecule is C[C@@H](CO)NC(=O)[C@H]1C[C@@H]1C. The number of carbonyl (C=O) groups excluding carboxylic acids is 1. The van der Waals surface area contributed by atoms with Crippen molar-refractivity contribution >= 4 is 5.91 Å². The van der Waals surface area contributed by atoms with Crippen molar-refractivity contribution in [3.05, 3.63) is 0 Å². The molecule has 64 valence electrons. The Balaban J connectivity index is 2.21. The number of amides is 1. The van der Waals surface area contributed by atoms with Crippen molar-refractivity contribution < 1.29 is 9.90 Å². The molecule has 0 aromatic rings. The van der Waals surface area contributed by atoms with Gasteiger partial charge in [0.15, 0.2) is 0 Å². The number of nitrogens with one attached hydrogen (secondary N) is 1. The van der Waals surface area contributed by atoms with Gasteiger partial charge in [0.2, 0.25) is 5.91 Å². The van der Waals surface area contributed by atoms with Crippen LogP contribution in [0, 0.1) is 11.8 Å². The minimum atomic E-state index is -0.102. The zero-order chi connectivity index (χ0) is 8.43. The highest BCUT2D eigenvalue weighted by atomic mass is 16.3. The Kier molecular flexibility index (Phi) is 2.49. The van der Waals surface area contributed by atoms with Crippen LogP contribution in [-0.4, -0.2) is 23.7 Å². The lowest BCUT2D eigenvalue weighted by Gasteiger charge is -2.09. The van der Waals surface area contributed by atoms with Gasteiger partial charge in [-0.05, 0) is 19.3 Å². The highest BCUT2D eigenvalue weighted by Crippen LogP contribution is 2.37. The molecule has 0 aromatic heterocycles. The van der Waals surface area contributed by atoms with E-state index in [2.05, 4.69) is 12.2 Å². The van der Waals surface area contributed by atoms with Gasteiger partial charge in [0.25, 0.3) is 0 Å². The van der Waals surface area contributed by atoms with Gasteiger partial charge in [-0.25, -0.2) is 0 Å². The third-order valence-corrected chi connectivity index (χ3v) is 2.11. The summed E-state index contributed by atoms with van der Waals surface area (Å²) in [5.41, 5.74) is 0. The third-order valence-electron chi connectivity index (χ3n) is 2.11. The first-order valence-corrected chi connectivity index (χ1v) is 4.06. The third kappa shape index (κ3) is 2.19. The molecule has 11 heavy (non-hydrogen) atoms. The summed E-state index contributed by atoms with van der Waals surface area (Å²) in [5.74, 6) is 0.851. The van der Waals surface area contributed by atoms with Gasteiger partial charge in [-0.15, -0.1) is 0 Å². The lowest BCUT2D eigenvalue weighted by Crippen LogP contribution is -2.36. The maximum atomic E-state index is 11.2. The highest BCUT2D eigenvalue weighted by molar-refractivity contribution is 5.81. The van der Waals surface area contributed by atoms with Gasteiger partial charge in [0, 0.05) is 12.0 Å². The largest absolute Gasteiger partial charge is 0.394 e. The van der Waals surface area contributed by atoms with E-state index >= 15 is 0 Å². The van der Waals surface area contributed by atoms with Gasteiger partial charge >= 0.3 is 0 Å². The molecule has 0 spiro atoms. The van der Waals surface area contributed by atoms with Gasteiger partial charge in [-0.1, -0.05) is 6.92 Å². The molecule has 1 aliphatic carbocycles. The quantitative estimate of drug-likeness (QED) is 0.612. The van der Waals surface area contributed by atoms with Crippen molar-refractivity contribution in [1.82, 2.24) is 5.32 Å². The second-order valence-corrected chi connectivity index (χ2v) is 3.41. The van der Waals surface area contributed by atoms with Crippen LogP contribution in [0.3, 0.4) is 0 Å². The fourth-order valence-electron chi connectivity index (χ4n) is 1.08. The first-order valence-electron chi connectivity index (χ1n) is 4.06. The zero-order valence-electron chi connectivity index (χ0n) is 7.00. The van der Waals surface area contributed by atoms with Crippen LogP contribution in [0.4, 0.5) is 0 Å². The fraction of sp³-hybridized carbons (Fsp3) is 0.875. The Bertz CT molecular complexity index is 158. The Morgan fingerprint density at radius 1 is 1.82 bits per heavy atom. The first kappa shape index (κ1) is 8.53. The Labute approximate surface area is 66.8 Å². The Morgan fingerprint density at radius 2 is 2.36 bits per heavy atom. The number of carbonyl (C=O) groups is 1. The summed E-state index contributed by atoms with van der Waals surface area (Å²) in [6.07, 6.45) is 1.00. The molecular weight excluding hydrogens is 142 g/mol. The molecule has 1 rings (SSSR count). The van der Waals surface area contributed by atoms with E-state index in [0.29, 0.717) is 5.92 Å². The summed E-state index contributed by atoms with van der Waals surface area (Å²) in [5, 5.41) is 11.4. The summed E-state index contributed by atoms with van der Waals surface area (Å²) in [7, 11) is 0. The molecule has 1 saturated carbocycles. The van der Waals surface area contributed by atoms with Crippen molar-refractivity contribution in [3.8, 4) is 0 Å². The van der Waals surface area contributed by atoms with Crippen molar-refractivity contribution in [2.75, 3.05) is 6.61 Å². The van der Waals surface area contributed by atoms with Gasteiger partial charge < -0.3 is 10.4 Å². The maximum absolute atomic E-state index is 11.2. The average molecular weight is 157 g/mol. The van der Waals surface area contributed by atoms with Gasteiger partial charge in [0.1, 0.15) is 0 Å². The lowest BCUT2D eigenvalue weighted by molar-refractivity contribution is -0.123. The lowest BCUT2D eigenvalue weighted by atomic mass is 10.3. The van der Waals surface area contributed by atoms with E-state index in [4.69, 9.17) is 5.11 Å². The molecule has 0 bridgehead atoms. The van der Waals surface area contributed by atoms with Gasteiger partial charge in [0.05, 0.1) is 6.61 Å². The van der Waals surface area contributed by atoms with Gasteiger partial charge in [-0.2, -0.15) is 0 Å². The van der Waals surface area contributed by atoms with E-state index in [9.17, 15) is 4.79 Å². The molecule has 0 heterocycles. The van der Waals surface area contributed by atoms with Crippen LogP contribution < -0.4 is 5.32 Å². The van der Waals surface area contributed by atoms with Crippen LogP contribution in [0.25, 0.3) is 0 Å².